The van der Waals surface area contributed by atoms with E-state index in [9.17, 15) is 4.79 Å². The molecule has 1 aliphatic carbocycles. The van der Waals surface area contributed by atoms with Gasteiger partial charge in [-0.2, -0.15) is 10.2 Å². The van der Waals surface area contributed by atoms with Crippen LogP contribution in [0.25, 0.3) is 5.69 Å². The standard InChI is InChI=1S/C21H25N5O/c1-15-8-10-17(11-9-15)26-19-7-3-6-18(19)20(24-26)21(27)22-12-4-5-16-13-23-25(2)14-16/h8-11,13-14H,3-7,12H2,1-2H3,(H,22,27). The minimum atomic E-state index is -0.0646. The lowest BCUT2D eigenvalue weighted by atomic mass is 10.1. The zero-order valence-electron chi connectivity index (χ0n) is 15.9. The van der Waals surface area contributed by atoms with Crippen LogP contribution >= 0.6 is 0 Å². The molecule has 0 bridgehead atoms. The van der Waals surface area contributed by atoms with Crippen LogP contribution in [0.1, 0.15) is 45.7 Å². The molecule has 140 valence electrons. The second kappa shape index (κ2) is 7.39. The summed E-state index contributed by atoms with van der Waals surface area (Å²) in [6.07, 6.45) is 8.67. The molecule has 0 saturated heterocycles. The summed E-state index contributed by atoms with van der Waals surface area (Å²) in [5, 5.41) is 11.9. The summed E-state index contributed by atoms with van der Waals surface area (Å²) in [4.78, 5) is 12.7. The van der Waals surface area contributed by atoms with Crippen molar-refractivity contribution >= 4 is 5.91 Å². The molecule has 3 aromatic rings. The van der Waals surface area contributed by atoms with Crippen molar-refractivity contribution < 1.29 is 4.79 Å². The Morgan fingerprint density at radius 2 is 2.04 bits per heavy atom. The van der Waals surface area contributed by atoms with Gasteiger partial charge in [-0.05, 0) is 56.7 Å². The molecule has 27 heavy (non-hydrogen) atoms. The van der Waals surface area contributed by atoms with Gasteiger partial charge >= 0.3 is 0 Å². The zero-order valence-corrected chi connectivity index (χ0v) is 15.9. The van der Waals surface area contributed by atoms with Gasteiger partial charge in [-0.3, -0.25) is 9.48 Å². The van der Waals surface area contributed by atoms with Crippen molar-refractivity contribution in [2.75, 3.05) is 6.54 Å². The van der Waals surface area contributed by atoms with Crippen LogP contribution in [0.5, 0.6) is 0 Å². The highest BCUT2D eigenvalue weighted by atomic mass is 16.1. The van der Waals surface area contributed by atoms with Crippen molar-refractivity contribution in [3.05, 3.63) is 64.7 Å². The third-order valence-electron chi connectivity index (χ3n) is 5.11. The second-order valence-electron chi connectivity index (χ2n) is 7.26. The molecule has 1 N–H and O–H groups in total. The molecule has 2 aromatic heterocycles. The van der Waals surface area contributed by atoms with Crippen molar-refractivity contribution in [2.45, 2.75) is 39.0 Å². The van der Waals surface area contributed by atoms with Gasteiger partial charge in [-0.1, -0.05) is 17.7 Å². The quantitative estimate of drug-likeness (QED) is 0.685. The maximum atomic E-state index is 12.7. The van der Waals surface area contributed by atoms with Crippen LogP contribution in [0.4, 0.5) is 0 Å². The third-order valence-corrected chi connectivity index (χ3v) is 5.11. The lowest BCUT2D eigenvalue weighted by molar-refractivity contribution is 0.0947. The molecule has 6 heteroatoms. The molecule has 1 aliphatic rings. The number of aromatic nitrogens is 4. The number of rotatable bonds is 6. The predicted octanol–water partition coefficient (Wildman–Crippen LogP) is 2.77. The summed E-state index contributed by atoms with van der Waals surface area (Å²) in [5.41, 5.74) is 6.31. The van der Waals surface area contributed by atoms with E-state index in [-0.39, 0.29) is 5.91 Å². The second-order valence-corrected chi connectivity index (χ2v) is 7.26. The summed E-state index contributed by atoms with van der Waals surface area (Å²) in [6.45, 7) is 2.71. The number of aryl methyl sites for hydroxylation is 3. The van der Waals surface area contributed by atoms with Gasteiger partial charge < -0.3 is 5.32 Å². The van der Waals surface area contributed by atoms with Crippen LogP contribution < -0.4 is 5.32 Å². The summed E-state index contributed by atoms with van der Waals surface area (Å²) in [7, 11) is 1.91. The Morgan fingerprint density at radius 3 is 2.78 bits per heavy atom. The van der Waals surface area contributed by atoms with Crippen molar-refractivity contribution in [3.8, 4) is 5.69 Å². The normalized spacial score (nSPS) is 13.0. The molecule has 0 unspecified atom stereocenters. The van der Waals surface area contributed by atoms with Crippen LogP contribution in [0.15, 0.2) is 36.7 Å². The van der Waals surface area contributed by atoms with E-state index in [0.717, 1.165) is 43.4 Å². The Bertz CT molecular complexity index is 952. The summed E-state index contributed by atoms with van der Waals surface area (Å²) >= 11 is 0. The summed E-state index contributed by atoms with van der Waals surface area (Å²) in [6, 6.07) is 8.29. The van der Waals surface area contributed by atoms with Crippen LogP contribution in [-0.4, -0.2) is 32.0 Å². The number of hydrogen-bond acceptors (Lipinski definition) is 3. The van der Waals surface area contributed by atoms with Gasteiger partial charge in [0.1, 0.15) is 0 Å². The number of nitrogens with one attached hydrogen (secondary N) is 1. The van der Waals surface area contributed by atoms with Crippen molar-refractivity contribution in [2.24, 2.45) is 7.05 Å². The van der Waals surface area contributed by atoms with Gasteiger partial charge in [0.05, 0.1) is 11.9 Å². The van der Waals surface area contributed by atoms with E-state index in [0.29, 0.717) is 12.2 Å². The van der Waals surface area contributed by atoms with E-state index < -0.39 is 0 Å². The highest BCUT2D eigenvalue weighted by Crippen LogP contribution is 2.27. The van der Waals surface area contributed by atoms with E-state index in [1.165, 1.54) is 16.8 Å². The van der Waals surface area contributed by atoms with Gasteiger partial charge in [-0.25, -0.2) is 4.68 Å². The van der Waals surface area contributed by atoms with Crippen molar-refractivity contribution in [1.82, 2.24) is 24.9 Å². The molecule has 1 aromatic carbocycles. The number of carbonyl (C=O) groups excluding carboxylic acids is 1. The van der Waals surface area contributed by atoms with Gasteiger partial charge in [0.25, 0.3) is 5.91 Å². The molecule has 0 saturated carbocycles. The van der Waals surface area contributed by atoms with Crippen LogP contribution in [0.2, 0.25) is 0 Å². The minimum absolute atomic E-state index is 0.0646. The maximum absolute atomic E-state index is 12.7. The molecule has 0 radical (unpaired) electrons. The fourth-order valence-electron chi connectivity index (χ4n) is 3.70. The molecule has 1 amide bonds. The van der Waals surface area contributed by atoms with E-state index in [2.05, 4.69) is 46.7 Å². The summed E-state index contributed by atoms with van der Waals surface area (Å²) in [5.74, 6) is -0.0646. The highest BCUT2D eigenvalue weighted by Gasteiger charge is 2.26. The number of benzene rings is 1. The van der Waals surface area contributed by atoms with E-state index in [4.69, 9.17) is 0 Å². The monoisotopic (exact) mass is 363 g/mol. The Labute approximate surface area is 159 Å². The Morgan fingerprint density at radius 1 is 1.22 bits per heavy atom. The first-order valence-corrected chi connectivity index (χ1v) is 9.55. The van der Waals surface area contributed by atoms with E-state index >= 15 is 0 Å². The van der Waals surface area contributed by atoms with Crippen LogP contribution in [0, 0.1) is 6.92 Å². The van der Waals surface area contributed by atoms with E-state index in [1.54, 1.807) is 4.68 Å². The smallest absolute Gasteiger partial charge is 0.272 e. The number of hydrogen-bond donors (Lipinski definition) is 1. The van der Waals surface area contributed by atoms with Crippen molar-refractivity contribution in [3.63, 3.8) is 0 Å². The average molecular weight is 363 g/mol. The molecule has 0 aliphatic heterocycles. The predicted molar refractivity (Wildman–Crippen MR) is 104 cm³/mol. The summed E-state index contributed by atoms with van der Waals surface area (Å²) < 4.78 is 3.75. The number of amides is 1. The highest BCUT2D eigenvalue weighted by molar-refractivity contribution is 5.94. The third kappa shape index (κ3) is 3.65. The SMILES string of the molecule is Cc1ccc(-n2nc(C(=O)NCCCc3cnn(C)c3)c3c2CCC3)cc1. The van der Waals surface area contributed by atoms with Crippen molar-refractivity contribution in [1.29, 1.82) is 0 Å². The molecule has 0 fully saturated rings. The first kappa shape index (κ1) is 17.5. The Balaban J connectivity index is 1.44. The molecule has 0 spiro atoms. The van der Waals surface area contributed by atoms with E-state index in [1.807, 2.05) is 24.1 Å². The molecule has 4 rings (SSSR count). The maximum Gasteiger partial charge on any atom is 0.272 e. The Hall–Kier alpha value is -2.89. The number of carbonyl (C=O) groups is 1. The lowest BCUT2D eigenvalue weighted by Crippen LogP contribution is -2.26. The fourth-order valence-corrected chi connectivity index (χ4v) is 3.70. The van der Waals surface area contributed by atoms with Gasteiger partial charge in [0.15, 0.2) is 5.69 Å². The molecular formula is C21H25N5O. The average Bonchev–Trinajstić information content (AvgIpc) is 3.36. The first-order chi connectivity index (χ1) is 13.1. The number of fused-ring (bicyclic) bond motifs is 1. The Kier molecular flexibility index (Phi) is 4.79. The zero-order chi connectivity index (χ0) is 18.8. The number of nitrogens with zero attached hydrogens (tertiary/aromatic N) is 4. The molecular weight excluding hydrogens is 338 g/mol. The fraction of sp³-hybridized carbons (Fsp3) is 0.381. The molecule has 6 nitrogen and oxygen atoms in total. The molecule has 2 heterocycles. The van der Waals surface area contributed by atoms with Crippen LogP contribution in [0.3, 0.4) is 0 Å². The molecule has 0 atom stereocenters. The topological polar surface area (TPSA) is 64.7 Å². The lowest BCUT2D eigenvalue weighted by Gasteiger charge is -2.06. The first-order valence-electron chi connectivity index (χ1n) is 9.55. The largest absolute Gasteiger partial charge is 0.351 e. The van der Waals surface area contributed by atoms with Gasteiger partial charge in [0.2, 0.25) is 0 Å². The van der Waals surface area contributed by atoms with Gasteiger partial charge in [0, 0.05) is 31.0 Å². The minimum Gasteiger partial charge on any atom is -0.351 e. The van der Waals surface area contributed by atoms with Gasteiger partial charge in [-0.15, -0.1) is 0 Å². The van der Waals surface area contributed by atoms with Crippen LogP contribution in [-0.2, 0) is 26.3 Å².